The van der Waals surface area contributed by atoms with Crippen LogP contribution in [-0.4, -0.2) is 15.5 Å². The van der Waals surface area contributed by atoms with Crippen LogP contribution in [0.4, 0.5) is 18.9 Å². The number of halogens is 4. The van der Waals surface area contributed by atoms with E-state index in [1.54, 1.807) is 6.33 Å². The van der Waals surface area contributed by atoms with Crippen molar-refractivity contribution in [2.75, 3.05) is 5.32 Å². The van der Waals surface area contributed by atoms with Crippen LogP contribution in [0.1, 0.15) is 12.0 Å². The largest absolute Gasteiger partial charge is 0.417 e. The van der Waals surface area contributed by atoms with Crippen LogP contribution >= 0.6 is 11.6 Å². The van der Waals surface area contributed by atoms with Crippen molar-refractivity contribution in [1.29, 1.82) is 0 Å². The van der Waals surface area contributed by atoms with Crippen molar-refractivity contribution in [3.63, 3.8) is 0 Å². The molecule has 3 aromatic rings. The number of carbonyl (C=O) groups is 1. The van der Waals surface area contributed by atoms with E-state index in [4.69, 9.17) is 11.6 Å². The van der Waals surface area contributed by atoms with Crippen molar-refractivity contribution in [2.24, 2.45) is 0 Å². The highest BCUT2D eigenvalue weighted by Crippen LogP contribution is 2.36. The van der Waals surface area contributed by atoms with Gasteiger partial charge in [0, 0.05) is 18.7 Å². The van der Waals surface area contributed by atoms with Gasteiger partial charge in [0.15, 0.2) is 0 Å². The first-order chi connectivity index (χ1) is 11.8. The normalized spacial score (nSPS) is 11.7. The van der Waals surface area contributed by atoms with Crippen molar-refractivity contribution < 1.29 is 18.0 Å². The van der Waals surface area contributed by atoms with Gasteiger partial charge < -0.3 is 9.88 Å². The first kappa shape index (κ1) is 17.3. The molecule has 0 fully saturated rings. The number of carbonyl (C=O) groups excluding carboxylic acids is 1. The molecule has 2 aromatic carbocycles. The minimum Gasteiger partial charge on any atom is -0.330 e. The lowest BCUT2D eigenvalue weighted by Crippen LogP contribution is -2.15. The van der Waals surface area contributed by atoms with E-state index < -0.39 is 22.7 Å². The molecule has 0 spiro atoms. The third-order valence-electron chi connectivity index (χ3n) is 3.66. The van der Waals surface area contributed by atoms with Crippen molar-refractivity contribution in [2.45, 2.75) is 19.1 Å². The summed E-state index contributed by atoms with van der Waals surface area (Å²) in [6.45, 7) is 0.367. The van der Waals surface area contributed by atoms with Crippen LogP contribution in [-0.2, 0) is 17.5 Å². The average molecular weight is 368 g/mol. The number of nitrogens with zero attached hydrogens (tertiary/aromatic N) is 2. The maximum atomic E-state index is 12.8. The number of nitrogens with one attached hydrogen (secondary N) is 1. The lowest BCUT2D eigenvalue weighted by atomic mass is 10.2. The Morgan fingerprint density at radius 2 is 1.96 bits per heavy atom. The molecule has 0 aliphatic heterocycles. The monoisotopic (exact) mass is 367 g/mol. The Morgan fingerprint density at radius 1 is 1.20 bits per heavy atom. The number of alkyl halides is 3. The molecule has 8 heteroatoms. The molecule has 0 saturated heterocycles. The number of amides is 1. The topological polar surface area (TPSA) is 46.9 Å². The number of rotatable bonds is 4. The fraction of sp³-hybridized carbons (Fsp3) is 0.176. The Balaban J connectivity index is 1.67. The number of aryl methyl sites for hydroxylation is 1. The van der Waals surface area contributed by atoms with Gasteiger partial charge in [-0.2, -0.15) is 13.2 Å². The second-order valence-corrected chi connectivity index (χ2v) is 5.82. The third-order valence-corrected chi connectivity index (χ3v) is 3.99. The predicted octanol–water partition coefficient (Wildman–Crippen LogP) is 4.74. The van der Waals surface area contributed by atoms with Crippen LogP contribution < -0.4 is 5.32 Å². The number of para-hydroxylation sites is 2. The molecule has 130 valence electrons. The number of benzene rings is 2. The van der Waals surface area contributed by atoms with Gasteiger partial charge in [0.2, 0.25) is 5.91 Å². The van der Waals surface area contributed by atoms with Crippen LogP contribution in [0.3, 0.4) is 0 Å². The Morgan fingerprint density at radius 3 is 2.72 bits per heavy atom. The predicted molar refractivity (Wildman–Crippen MR) is 89.4 cm³/mol. The summed E-state index contributed by atoms with van der Waals surface area (Å²) in [5, 5.41) is 2.05. The molecule has 0 bridgehead atoms. The van der Waals surface area contributed by atoms with E-state index in [9.17, 15) is 18.0 Å². The minimum atomic E-state index is -4.58. The van der Waals surface area contributed by atoms with Gasteiger partial charge in [0.25, 0.3) is 0 Å². The van der Waals surface area contributed by atoms with Crippen LogP contribution in [0, 0.1) is 0 Å². The summed E-state index contributed by atoms with van der Waals surface area (Å²) in [5.74, 6) is -0.395. The Kier molecular flexibility index (Phi) is 4.67. The van der Waals surface area contributed by atoms with Gasteiger partial charge in [-0.15, -0.1) is 0 Å². The van der Waals surface area contributed by atoms with E-state index in [2.05, 4.69) is 10.3 Å². The van der Waals surface area contributed by atoms with E-state index in [1.807, 2.05) is 28.8 Å². The standard InChI is InChI=1S/C17H13ClF3N3O/c18-13-6-5-11(9-12(13)17(19,20)21)23-16(25)7-8-24-10-22-14-3-1-2-4-15(14)24/h1-6,9-10H,7-8H2,(H,23,25). The Labute approximate surface area is 146 Å². The third kappa shape index (κ3) is 3.93. The van der Waals surface area contributed by atoms with Crippen molar-refractivity contribution in [3.8, 4) is 0 Å². The summed E-state index contributed by atoms with van der Waals surface area (Å²) in [6.07, 6.45) is -2.85. The number of aromatic nitrogens is 2. The van der Waals surface area contributed by atoms with Crippen LogP contribution in [0.2, 0.25) is 5.02 Å². The maximum absolute atomic E-state index is 12.8. The first-order valence-electron chi connectivity index (χ1n) is 7.41. The Bertz CT molecular complexity index is 921. The van der Waals surface area contributed by atoms with E-state index in [0.29, 0.717) is 6.54 Å². The summed E-state index contributed by atoms with van der Waals surface area (Å²) in [7, 11) is 0. The summed E-state index contributed by atoms with van der Waals surface area (Å²) in [4.78, 5) is 16.3. The first-order valence-corrected chi connectivity index (χ1v) is 7.79. The number of fused-ring (bicyclic) bond motifs is 1. The highest BCUT2D eigenvalue weighted by molar-refractivity contribution is 6.31. The molecule has 1 heterocycles. The van der Waals surface area contributed by atoms with E-state index in [1.165, 1.54) is 6.07 Å². The zero-order valence-electron chi connectivity index (χ0n) is 12.8. The fourth-order valence-corrected chi connectivity index (χ4v) is 2.68. The molecular weight excluding hydrogens is 355 g/mol. The molecule has 0 radical (unpaired) electrons. The van der Waals surface area contributed by atoms with Crippen molar-refractivity contribution >= 4 is 34.2 Å². The maximum Gasteiger partial charge on any atom is 0.417 e. The molecule has 3 rings (SSSR count). The lowest BCUT2D eigenvalue weighted by Gasteiger charge is -2.12. The molecule has 0 saturated carbocycles. The fourth-order valence-electron chi connectivity index (χ4n) is 2.45. The number of hydrogen-bond acceptors (Lipinski definition) is 2. The summed E-state index contributed by atoms with van der Waals surface area (Å²) >= 11 is 5.56. The molecule has 25 heavy (non-hydrogen) atoms. The number of anilines is 1. The second kappa shape index (κ2) is 6.76. The Hall–Kier alpha value is -2.54. The smallest absolute Gasteiger partial charge is 0.330 e. The average Bonchev–Trinajstić information content (AvgIpc) is 2.97. The molecule has 0 atom stereocenters. The lowest BCUT2D eigenvalue weighted by molar-refractivity contribution is -0.137. The molecule has 0 unspecified atom stereocenters. The van der Waals surface area contributed by atoms with Gasteiger partial charge in [-0.3, -0.25) is 4.79 Å². The van der Waals surface area contributed by atoms with Crippen LogP contribution in [0.5, 0.6) is 0 Å². The van der Waals surface area contributed by atoms with Crippen molar-refractivity contribution in [3.05, 3.63) is 59.4 Å². The van der Waals surface area contributed by atoms with Crippen LogP contribution in [0.25, 0.3) is 11.0 Å². The summed E-state index contributed by atoms with van der Waals surface area (Å²) in [5.41, 5.74) is 0.779. The zero-order valence-corrected chi connectivity index (χ0v) is 13.6. The van der Waals surface area contributed by atoms with E-state index in [0.717, 1.165) is 23.2 Å². The van der Waals surface area contributed by atoms with Gasteiger partial charge in [-0.1, -0.05) is 23.7 Å². The van der Waals surface area contributed by atoms with Crippen molar-refractivity contribution in [1.82, 2.24) is 9.55 Å². The minimum absolute atomic E-state index is 0.0530. The number of imidazole rings is 1. The zero-order chi connectivity index (χ0) is 18.0. The van der Waals surface area contributed by atoms with Gasteiger partial charge in [-0.05, 0) is 30.3 Å². The molecule has 1 aromatic heterocycles. The molecular formula is C17H13ClF3N3O. The summed E-state index contributed by atoms with van der Waals surface area (Å²) in [6, 6.07) is 10.8. The molecule has 1 amide bonds. The molecule has 1 N–H and O–H groups in total. The van der Waals surface area contributed by atoms with Crippen LogP contribution in [0.15, 0.2) is 48.8 Å². The molecule has 0 aliphatic rings. The number of hydrogen-bond donors (Lipinski definition) is 1. The van der Waals surface area contributed by atoms with Gasteiger partial charge >= 0.3 is 6.18 Å². The summed E-state index contributed by atoms with van der Waals surface area (Å²) < 4.78 is 40.3. The highest BCUT2D eigenvalue weighted by Gasteiger charge is 2.33. The van der Waals surface area contributed by atoms with Gasteiger partial charge in [0.05, 0.1) is 27.9 Å². The quantitative estimate of drug-likeness (QED) is 0.724. The molecule has 4 nitrogen and oxygen atoms in total. The SMILES string of the molecule is O=C(CCn1cnc2ccccc21)Nc1ccc(Cl)c(C(F)(F)F)c1. The van der Waals surface area contributed by atoms with Gasteiger partial charge in [-0.25, -0.2) is 4.98 Å². The second-order valence-electron chi connectivity index (χ2n) is 5.42. The highest BCUT2D eigenvalue weighted by atomic mass is 35.5. The van der Waals surface area contributed by atoms with E-state index >= 15 is 0 Å². The molecule has 0 aliphatic carbocycles. The van der Waals surface area contributed by atoms with Gasteiger partial charge in [0.1, 0.15) is 0 Å². The van der Waals surface area contributed by atoms with E-state index in [-0.39, 0.29) is 12.1 Å².